The van der Waals surface area contributed by atoms with Gasteiger partial charge in [0.05, 0.1) is 0 Å². The van der Waals surface area contributed by atoms with Gasteiger partial charge in [-0.15, -0.1) is 0 Å². The molecule has 1 aromatic rings. The number of hydrogen-bond donors (Lipinski definition) is 1. The minimum atomic E-state index is -0.0604. The molecular weight excluding hydrogens is 228 g/mol. The number of hydrogen-bond acceptors (Lipinski definition) is 4. The first-order valence-electron chi connectivity index (χ1n) is 6.21. The largest absolute Gasteiger partial charge is 0.370 e. The van der Waals surface area contributed by atoms with E-state index in [0.717, 1.165) is 25.2 Å². The van der Waals surface area contributed by atoms with Crippen molar-refractivity contribution in [2.45, 2.75) is 12.5 Å². The summed E-state index contributed by atoms with van der Waals surface area (Å²) in [6.45, 7) is 2.05. The van der Waals surface area contributed by atoms with Gasteiger partial charge in [0.15, 0.2) is 0 Å². The molecule has 1 unspecified atom stereocenters. The molecule has 18 heavy (non-hydrogen) atoms. The zero-order chi connectivity index (χ0) is 13.1. The van der Waals surface area contributed by atoms with Crippen molar-refractivity contribution in [3.63, 3.8) is 0 Å². The number of carbonyl (C=O) groups excluding carboxylic acids is 1. The summed E-state index contributed by atoms with van der Waals surface area (Å²) in [5.41, 5.74) is 1.54. The molecule has 2 rings (SSSR count). The smallest absolute Gasteiger partial charge is 0.272 e. The molecule has 0 spiro atoms. The van der Waals surface area contributed by atoms with Crippen LogP contribution >= 0.6 is 0 Å². The molecule has 0 bridgehead atoms. The Balaban J connectivity index is 2.18. The molecule has 1 amide bonds. The second-order valence-electron chi connectivity index (χ2n) is 4.86. The first-order valence-corrected chi connectivity index (χ1v) is 6.21. The van der Waals surface area contributed by atoms with Gasteiger partial charge in [-0.3, -0.25) is 9.78 Å². The van der Waals surface area contributed by atoms with Gasteiger partial charge in [-0.2, -0.15) is 0 Å². The fourth-order valence-corrected chi connectivity index (χ4v) is 2.17. The number of rotatable bonds is 3. The van der Waals surface area contributed by atoms with Crippen LogP contribution in [0.1, 0.15) is 16.9 Å². The van der Waals surface area contributed by atoms with Gasteiger partial charge in [-0.25, -0.2) is 0 Å². The summed E-state index contributed by atoms with van der Waals surface area (Å²) >= 11 is 0. The van der Waals surface area contributed by atoms with E-state index in [1.807, 2.05) is 12.1 Å². The fourth-order valence-electron chi connectivity index (χ4n) is 2.17. The molecule has 5 heteroatoms. The molecule has 1 aliphatic rings. The molecule has 0 aromatic carbocycles. The van der Waals surface area contributed by atoms with E-state index >= 15 is 0 Å². The number of aromatic nitrogens is 1. The van der Waals surface area contributed by atoms with Crippen molar-refractivity contribution < 1.29 is 4.79 Å². The number of likely N-dealkylation sites (N-methyl/N-ethyl adjacent to an activating group) is 1. The second kappa shape index (κ2) is 5.35. The summed E-state index contributed by atoms with van der Waals surface area (Å²) < 4.78 is 0. The van der Waals surface area contributed by atoms with E-state index in [9.17, 15) is 4.79 Å². The number of nitrogens with zero attached hydrogens (tertiary/aromatic N) is 3. The van der Waals surface area contributed by atoms with Gasteiger partial charge in [0, 0.05) is 45.6 Å². The molecule has 0 saturated carbocycles. The molecule has 1 aliphatic heterocycles. The van der Waals surface area contributed by atoms with Crippen molar-refractivity contribution in [1.29, 1.82) is 0 Å². The topological polar surface area (TPSA) is 48.5 Å². The molecule has 98 valence electrons. The van der Waals surface area contributed by atoms with Gasteiger partial charge in [0.2, 0.25) is 0 Å². The van der Waals surface area contributed by atoms with E-state index in [4.69, 9.17) is 0 Å². The molecule has 1 fully saturated rings. The molecular formula is C13H20N4O. The Morgan fingerprint density at radius 3 is 2.83 bits per heavy atom. The molecule has 0 radical (unpaired) electrons. The third-order valence-electron chi connectivity index (χ3n) is 3.36. The van der Waals surface area contributed by atoms with Crippen LogP contribution in [0.4, 0.5) is 5.69 Å². The number of carbonyl (C=O) groups is 1. The SMILES string of the molecule is CN(C)C(=O)c1cc(N(C)C2CCNC2)ccn1. The van der Waals surface area contributed by atoms with E-state index in [1.165, 1.54) is 0 Å². The lowest BCUT2D eigenvalue weighted by Crippen LogP contribution is -2.33. The summed E-state index contributed by atoms with van der Waals surface area (Å²) in [5, 5.41) is 3.35. The number of amides is 1. The van der Waals surface area contributed by atoms with Crippen molar-refractivity contribution in [3.8, 4) is 0 Å². The Hall–Kier alpha value is -1.62. The molecule has 1 saturated heterocycles. The molecule has 0 aliphatic carbocycles. The summed E-state index contributed by atoms with van der Waals surface area (Å²) in [5.74, 6) is -0.0604. The van der Waals surface area contributed by atoms with E-state index in [-0.39, 0.29) is 5.91 Å². The van der Waals surface area contributed by atoms with Gasteiger partial charge in [-0.1, -0.05) is 0 Å². The van der Waals surface area contributed by atoms with Crippen LogP contribution in [0, 0.1) is 0 Å². The van der Waals surface area contributed by atoms with Crippen LogP contribution in [0.2, 0.25) is 0 Å². The van der Waals surface area contributed by atoms with Gasteiger partial charge >= 0.3 is 0 Å². The van der Waals surface area contributed by atoms with Gasteiger partial charge < -0.3 is 15.1 Å². The number of nitrogens with one attached hydrogen (secondary N) is 1. The number of pyridine rings is 1. The number of anilines is 1. The van der Waals surface area contributed by atoms with Gasteiger partial charge in [-0.05, 0) is 25.1 Å². The third-order valence-corrected chi connectivity index (χ3v) is 3.36. The molecule has 1 aromatic heterocycles. The summed E-state index contributed by atoms with van der Waals surface area (Å²) in [6.07, 6.45) is 2.83. The van der Waals surface area contributed by atoms with E-state index in [2.05, 4.69) is 22.2 Å². The maximum absolute atomic E-state index is 11.9. The van der Waals surface area contributed by atoms with E-state index in [1.54, 1.807) is 25.2 Å². The average Bonchev–Trinajstić information content (AvgIpc) is 2.91. The highest BCUT2D eigenvalue weighted by atomic mass is 16.2. The Kier molecular flexibility index (Phi) is 3.81. The van der Waals surface area contributed by atoms with Crippen molar-refractivity contribution in [2.75, 3.05) is 39.1 Å². The Bertz CT molecular complexity index is 427. The zero-order valence-corrected chi connectivity index (χ0v) is 11.2. The first-order chi connectivity index (χ1) is 8.59. The second-order valence-corrected chi connectivity index (χ2v) is 4.86. The van der Waals surface area contributed by atoms with Gasteiger partial charge in [0.25, 0.3) is 5.91 Å². The highest BCUT2D eigenvalue weighted by Gasteiger charge is 2.20. The highest BCUT2D eigenvalue weighted by Crippen LogP contribution is 2.19. The summed E-state index contributed by atoms with van der Waals surface area (Å²) in [4.78, 5) is 19.8. The third kappa shape index (κ3) is 2.61. The average molecular weight is 248 g/mol. The highest BCUT2D eigenvalue weighted by molar-refractivity contribution is 5.92. The molecule has 1 N–H and O–H groups in total. The standard InChI is InChI=1S/C13H20N4O/c1-16(2)13(18)12-8-10(5-7-15-12)17(3)11-4-6-14-9-11/h5,7-8,11,14H,4,6,9H2,1-3H3. The van der Waals surface area contributed by atoms with Crippen LogP contribution < -0.4 is 10.2 Å². The zero-order valence-electron chi connectivity index (χ0n) is 11.2. The first kappa shape index (κ1) is 12.8. The minimum absolute atomic E-state index is 0.0604. The predicted octanol–water partition coefficient (Wildman–Crippen LogP) is 0.581. The van der Waals surface area contributed by atoms with Crippen LogP contribution in [0.3, 0.4) is 0 Å². The monoisotopic (exact) mass is 248 g/mol. The maximum Gasteiger partial charge on any atom is 0.272 e. The summed E-state index contributed by atoms with van der Waals surface area (Å²) in [7, 11) is 5.54. The molecule has 5 nitrogen and oxygen atoms in total. The molecule has 2 heterocycles. The van der Waals surface area contributed by atoms with E-state index in [0.29, 0.717) is 11.7 Å². The fraction of sp³-hybridized carbons (Fsp3) is 0.538. The van der Waals surface area contributed by atoms with Gasteiger partial charge in [0.1, 0.15) is 5.69 Å². The normalized spacial score (nSPS) is 18.7. The Morgan fingerprint density at radius 1 is 1.44 bits per heavy atom. The van der Waals surface area contributed by atoms with Crippen molar-refractivity contribution in [3.05, 3.63) is 24.0 Å². The minimum Gasteiger partial charge on any atom is -0.370 e. The van der Waals surface area contributed by atoms with Crippen LogP contribution in [-0.4, -0.2) is 56.1 Å². The Labute approximate surface area is 108 Å². The van der Waals surface area contributed by atoms with Crippen LogP contribution in [0.15, 0.2) is 18.3 Å². The summed E-state index contributed by atoms with van der Waals surface area (Å²) in [6, 6.07) is 4.31. The Morgan fingerprint density at radius 2 is 2.22 bits per heavy atom. The van der Waals surface area contributed by atoms with Crippen molar-refractivity contribution in [2.24, 2.45) is 0 Å². The predicted molar refractivity (Wildman–Crippen MR) is 71.9 cm³/mol. The van der Waals surface area contributed by atoms with Crippen LogP contribution in [0.5, 0.6) is 0 Å². The lowest BCUT2D eigenvalue weighted by molar-refractivity contribution is 0.0822. The van der Waals surface area contributed by atoms with Crippen LogP contribution in [-0.2, 0) is 0 Å². The lowest BCUT2D eigenvalue weighted by atomic mass is 10.2. The maximum atomic E-state index is 11.9. The quantitative estimate of drug-likeness (QED) is 0.850. The van der Waals surface area contributed by atoms with Crippen LogP contribution in [0.25, 0.3) is 0 Å². The lowest BCUT2D eigenvalue weighted by Gasteiger charge is -2.26. The van der Waals surface area contributed by atoms with Crippen molar-refractivity contribution >= 4 is 11.6 Å². The van der Waals surface area contributed by atoms with Crippen molar-refractivity contribution in [1.82, 2.24) is 15.2 Å². The molecule has 1 atom stereocenters. The van der Waals surface area contributed by atoms with E-state index < -0.39 is 0 Å².